The number of aromatic nitrogens is 1. The van der Waals surface area contributed by atoms with Crippen molar-refractivity contribution in [1.82, 2.24) is 4.98 Å². The number of benzene rings is 1. The number of rotatable bonds is 10. The minimum absolute atomic E-state index is 0.731. The van der Waals surface area contributed by atoms with Crippen molar-refractivity contribution in [2.45, 2.75) is 78.1 Å². The quantitative estimate of drug-likeness (QED) is 0.399. The predicted octanol–water partition coefficient (Wildman–Crippen LogP) is 7.47. The van der Waals surface area contributed by atoms with E-state index in [9.17, 15) is 0 Å². The van der Waals surface area contributed by atoms with Crippen molar-refractivity contribution < 1.29 is 4.74 Å². The van der Waals surface area contributed by atoms with E-state index in [2.05, 4.69) is 55.2 Å². The minimum atomic E-state index is 0.731. The Bertz CT molecular complexity index is 669. The fraction of sp³-hybridized carbons (Fsp3) is 0.577. The van der Waals surface area contributed by atoms with E-state index in [0.29, 0.717) is 0 Å². The molecule has 1 fully saturated rings. The van der Waals surface area contributed by atoms with Crippen LogP contribution in [0.15, 0.2) is 42.6 Å². The number of unbranched alkanes of at least 4 members (excludes halogenated alkanes) is 2. The third-order valence-electron chi connectivity index (χ3n) is 6.18. The summed E-state index contributed by atoms with van der Waals surface area (Å²) in [5.74, 6) is 2.68. The largest absolute Gasteiger partial charge is 0.493 e. The zero-order valence-electron chi connectivity index (χ0n) is 17.8. The fourth-order valence-corrected chi connectivity index (χ4v) is 4.34. The number of nitrogens with zero attached hydrogens (tertiary/aromatic N) is 1. The molecule has 152 valence electrons. The van der Waals surface area contributed by atoms with Gasteiger partial charge in [0.25, 0.3) is 0 Å². The van der Waals surface area contributed by atoms with E-state index in [0.717, 1.165) is 48.3 Å². The number of hydrogen-bond acceptors (Lipinski definition) is 2. The maximum Gasteiger partial charge on any atom is 0.119 e. The van der Waals surface area contributed by atoms with Crippen molar-refractivity contribution >= 4 is 0 Å². The lowest BCUT2D eigenvalue weighted by Gasteiger charge is -2.28. The van der Waals surface area contributed by atoms with Gasteiger partial charge in [0.1, 0.15) is 5.75 Å². The van der Waals surface area contributed by atoms with Gasteiger partial charge in [-0.05, 0) is 67.0 Å². The molecule has 0 aliphatic heterocycles. The Labute approximate surface area is 171 Å². The van der Waals surface area contributed by atoms with Crippen LogP contribution in [-0.2, 0) is 6.42 Å². The van der Waals surface area contributed by atoms with Crippen molar-refractivity contribution in [2.24, 2.45) is 11.8 Å². The summed E-state index contributed by atoms with van der Waals surface area (Å²) in [6, 6.07) is 12.7. The molecule has 2 aromatic rings. The van der Waals surface area contributed by atoms with Gasteiger partial charge in [0, 0.05) is 11.8 Å². The van der Waals surface area contributed by atoms with Crippen LogP contribution in [0.1, 0.15) is 77.2 Å². The normalized spacial score (nSPS) is 19.5. The third kappa shape index (κ3) is 6.36. The van der Waals surface area contributed by atoms with Crippen molar-refractivity contribution in [2.75, 3.05) is 6.61 Å². The molecule has 0 radical (unpaired) electrons. The lowest BCUT2D eigenvalue weighted by molar-refractivity contribution is 0.177. The van der Waals surface area contributed by atoms with Crippen molar-refractivity contribution in [1.29, 1.82) is 0 Å². The molecule has 1 saturated carbocycles. The highest BCUT2D eigenvalue weighted by molar-refractivity contribution is 5.60. The molecule has 3 rings (SSSR count). The van der Waals surface area contributed by atoms with E-state index in [-0.39, 0.29) is 0 Å². The summed E-state index contributed by atoms with van der Waals surface area (Å²) in [7, 11) is 0. The van der Waals surface area contributed by atoms with E-state index >= 15 is 0 Å². The van der Waals surface area contributed by atoms with Gasteiger partial charge in [0.05, 0.1) is 12.3 Å². The second-order valence-corrected chi connectivity index (χ2v) is 8.52. The minimum Gasteiger partial charge on any atom is -0.493 e. The number of ether oxygens (including phenoxy) is 1. The van der Waals surface area contributed by atoms with E-state index in [1.165, 1.54) is 56.9 Å². The summed E-state index contributed by atoms with van der Waals surface area (Å²) in [4.78, 5) is 4.61. The Balaban J connectivity index is 1.42. The summed E-state index contributed by atoms with van der Waals surface area (Å²) in [6.45, 7) is 5.36. The van der Waals surface area contributed by atoms with Crippen LogP contribution < -0.4 is 4.74 Å². The van der Waals surface area contributed by atoms with Crippen LogP contribution in [0.3, 0.4) is 0 Å². The average molecular weight is 380 g/mol. The van der Waals surface area contributed by atoms with Crippen LogP contribution in [0, 0.1) is 11.8 Å². The molecular formula is C26H37NO. The second-order valence-electron chi connectivity index (χ2n) is 8.52. The van der Waals surface area contributed by atoms with Crippen molar-refractivity contribution in [3.8, 4) is 17.0 Å². The molecule has 1 aliphatic carbocycles. The van der Waals surface area contributed by atoms with Gasteiger partial charge in [0.2, 0.25) is 0 Å². The van der Waals surface area contributed by atoms with Crippen LogP contribution in [-0.4, -0.2) is 11.6 Å². The number of aryl methyl sites for hydroxylation is 1. The summed E-state index contributed by atoms with van der Waals surface area (Å²) < 4.78 is 6.10. The van der Waals surface area contributed by atoms with Crippen molar-refractivity contribution in [3.05, 3.63) is 48.2 Å². The first-order chi connectivity index (χ1) is 13.8. The summed E-state index contributed by atoms with van der Waals surface area (Å²) in [5.41, 5.74) is 3.50. The molecule has 0 unspecified atom stereocenters. The molecule has 1 aromatic carbocycles. The first-order valence-electron chi connectivity index (χ1n) is 11.5. The summed E-state index contributed by atoms with van der Waals surface area (Å²) >= 11 is 0. The van der Waals surface area contributed by atoms with Gasteiger partial charge in [-0.3, -0.25) is 4.98 Å². The smallest absolute Gasteiger partial charge is 0.119 e. The van der Waals surface area contributed by atoms with Crippen LogP contribution in [0.5, 0.6) is 5.75 Å². The maximum atomic E-state index is 6.10. The molecule has 0 saturated heterocycles. The molecule has 0 atom stereocenters. The van der Waals surface area contributed by atoms with Crippen LogP contribution in [0.25, 0.3) is 11.3 Å². The third-order valence-corrected chi connectivity index (χ3v) is 6.18. The Hall–Kier alpha value is -1.83. The molecule has 1 heterocycles. The van der Waals surface area contributed by atoms with E-state index < -0.39 is 0 Å². The molecule has 1 aliphatic rings. The Morgan fingerprint density at radius 1 is 0.857 bits per heavy atom. The van der Waals surface area contributed by atoms with Gasteiger partial charge in [-0.1, -0.05) is 64.9 Å². The predicted molar refractivity (Wildman–Crippen MR) is 119 cm³/mol. The van der Waals surface area contributed by atoms with Gasteiger partial charge in [-0.15, -0.1) is 0 Å². The zero-order valence-corrected chi connectivity index (χ0v) is 17.8. The first kappa shape index (κ1) is 20.9. The van der Waals surface area contributed by atoms with Gasteiger partial charge in [0.15, 0.2) is 0 Å². The maximum absolute atomic E-state index is 6.10. The lowest BCUT2D eigenvalue weighted by atomic mass is 9.80. The highest BCUT2D eigenvalue weighted by Crippen LogP contribution is 2.32. The molecule has 2 nitrogen and oxygen atoms in total. The Morgan fingerprint density at radius 2 is 1.61 bits per heavy atom. The van der Waals surface area contributed by atoms with Gasteiger partial charge in [-0.25, -0.2) is 0 Å². The Morgan fingerprint density at radius 3 is 2.25 bits per heavy atom. The van der Waals surface area contributed by atoms with Crippen LogP contribution in [0.2, 0.25) is 0 Å². The number of hydrogen-bond donors (Lipinski definition) is 0. The van der Waals surface area contributed by atoms with Crippen molar-refractivity contribution in [3.63, 3.8) is 0 Å². The van der Waals surface area contributed by atoms with Gasteiger partial charge >= 0.3 is 0 Å². The average Bonchev–Trinajstić information content (AvgIpc) is 2.75. The lowest BCUT2D eigenvalue weighted by Crippen LogP contribution is -2.20. The zero-order chi connectivity index (χ0) is 19.6. The standard InChI is InChI=1S/C26H37NO/c1-3-5-6-8-21-9-11-23(12-10-21)20-28-25-16-14-24(15-17-25)26-18-13-22(7-4-2)19-27-26/h13-19,21,23H,3-12,20H2,1-2H3/t21-,23-. The second kappa shape index (κ2) is 11.2. The first-order valence-corrected chi connectivity index (χ1v) is 11.5. The van der Waals surface area contributed by atoms with Crippen LogP contribution >= 0.6 is 0 Å². The van der Waals surface area contributed by atoms with E-state index in [1.54, 1.807) is 0 Å². The highest BCUT2D eigenvalue weighted by Gasteiger charge is 2.21. The molecular weight excluding hydrogens is 342 g/mol. The Kier molecular flexibility index (Phi) is 8.39. The van der Waals surface area contributed by atoms with E-state index in [1.807, 2.05) is 6.20 Å². The molecule has 0 amide bonds. The highest BCUT2D eigenvalue weighted by atomic mass is 16.5. The molecule has 1 aromatic heterocycles. The van der Waals surface area contributed by atoms with Gasteiger partial charge < -0.3 is 4.74 Å². The molecule has 2 heteroatoms. The number of pyridine rings is 1. The fourth-order valence-electron chi connectivity index (χ4n) is 4.34. The molecule has 0 bridgehead atoms. The summed E-state index contributed by atoms with van der Waals surface area (Å²) in [6.07, 6.45) is 15.3. The van der Waals surface area contributed by atoms with E-state index in [4.69, 9.17) is 4.74 Å². The summed E-state index contributed by atoms with van der Waals surface area (Å²) in [5, 5.41) is 0. The monoisotopic (exact) mass is 379 g/mol. The molecule has 28 heavy (non-hydrogen) atoms. The topological polar surface area (TPSA) is 22.1 Å². The van der Waals surface area contributed by atoms with Gasteiger partial charge in [-0.2, -0.15) is 0 Å². The SMILES string of the molecule is CCCCC[C@H]1CC[C@H](COc2ccc(-c3ccc(CCC)cn3)cc2)CC1. The molecule has 0 spiro atoms. The molecule has 0 N–H and O–H groups in total. The van der Waals surface area contributed by atoms with Crippen LogP contribution in [0.4, 0.5) is 0 Å².